The Kier molecular flexibility index (Phi) is 3.45. The summed E-state index contributed by atoms with van der Waals surface area (Å²) in [5.41, 5.74) is 0. The summed E-state index contributed by atoms with van der Waals surface area (Å²) >= 11 is 0. The lowest BCUT2D eigenvalue weighted by Gasteiger charge is -2.34. The van der Waals surface area contributed by atoms with E-state index in [9.17, 15) is 0 Å². The van der Waals surface area contributed by atoms with Crippen molar-refractivity contribution in [3.8, 4) is 0 Å². The van der Waals surface area contributed by atoms with Crippen molar-refractivity contribution in [2.24, 2.45) is 5.92 Å². The maximum absolute atomic E-state index is 3.65. The molecule has 0 unspecified atom stereocenters. The van der Waals surface area contributed by atoms with E-state index in [2.05, 4.69) is 24.1 Å². The van der Waals surface area contributed by atoms with E-state index in [0.717, 1.165) is 18.0 Å². The quantitative estimate of drug-likeness (QED) is 0.738. The van der Waals surface area contributed by atoms with Crippen molar-refractivity contribution >= 4 is 0 Å². The van der Waals surface area contributed by atoms with Crippen molar-refractivity contribution in [3.05, 3.63) is 0 Å². The van der Waals surface area contributed by atoms with Gasteiger partial charge in [-0.1, -0.05) is 0 Å². The van der Waals surface area contributed by atoms with E-state index in [1.807, 2.05) is 0 Å². The predicted octanol–water partition coefficient (Wildman–Crippen LogP) is 1.86. The molecule has 1 saturated heterocycles. The van der Waals surface area contributed by atoms with Gasteiger partial charge in [0, 0.05) is 12.1 Å². The highest BCUT2D eigenvalue weighted by atomic mass is 15.1. The Morgan fingerprint density at radius 3 is 2.29 bits per heavy atom. The molecule has 0 spiro atoms. The van der Waals surface area contributed by atoms with Gasteiger partial charge in [-0.25, -0.2) is 0 Å². The zero-order valence-corrected chi connectivity index (χ0v) is 9.63. The molecule has 2 rings (SSSR count). The molecule has 2 nitrogen and oxygen atoms in total. The molecule has 0 radical (unpaired) electrons. The van der Waals surface area contributed by atoms with Gasteiger partial charge >= 0.3 is 0 Å². The highest BCUT2D eigenvalue weighted by Crippen LogP contribution is 2.22. The smallest absolute Gasteiger partial charge is 0.00683 e. The number of piperidine rings is 1. The SMILES string of the molecule is CC(C)N1CCC(CNC2CC2)CC1. The van der Waals surface area contributed by atoms with Gasteiger partial charge in [-0.05, 0) is 65.1 Å². The van der Waals surface area contributed by atoms with E-state index in [1.165, 1.54) is 45.3 Å². The number of hydrogen-bond acceptors (Lipinski definition) is 2. The number of nitrogens with one attached hydrogen (secondary N) is 1. The van der Waals surface area contributed by atoms with Gasteiger partial charge in [0.2, 0.25) is 0 Å². The van der Waals surface area contributed by atoms with Crippen LogP contribution in [-0.2, 0) is 0 Å². The maximum Gasteiger partial charge on any atom is 0.00683 e. The van der Waals surface area contributed by atoms with E-state index in [0.29, 0.717) is 0 Å². The second-order valence-corrected chi connectivity index (χ2v) is 5.26. The Hall–Kier alpha value is -0.0800. The van der Waals surface area contributed by atoms with E-state index in [-0.39, 0.29) is 0 Å². The maximum atomic E-state index is 3.65. The molecule has 0 aromatic heterocycles. The lowest BCUT2D eigenvalue weighted by molar-refractivity contribution is 0.148. The van der Waals surface area contributed by atoms with Crippen LogP contribution in [0, 0.1) is 5.92 Å². The average molecular weight is 196 g/mol. The van der Waals surface area contributed by atoms with Crippen LogP contribution < -0.4 is 5.32 Å². The minimum Gasteiger partial charge on any atom is -0.314 e. The van der Waals surface area contributed by atoms with Crippen LogP contribution >= 0.6 is 0 Å². The molecule has 1 aliphatic heterocycles. The first-order valence-electron chi connectivity index (χ1n) is 6.23. The Balaban J connectivity index is 1.62. The molecule has 82 valence electrons. The molecule has 1 saturated carbocycles. The molecule has 0 amide bonds. The summed E-state index contributed by atoms with van der Waals surface area (Å²) in [5.74, 6) is 0.950. The van der Waals surface area contributed by atoms with Gasteiger partial charge in [0.05, 0.1) is 0 Å². The Morgan fingerprint density at radius 1 is 1.14 bits per heavy atom. The molecule has 2 fully saturated rings. The van der Waals surface area contributed by atoms with Crippen LogP contribution in [0.15, 0.2) is 0 Å². The van der Waals surface area contributed by atoms with Crippen molar-refractivity contribution in [2.45, 2.75) is 51.6 Å². The fourth-order valence-corrected chi connectivity index (χ4v) is 2.29. The average Bonchev–Trinajstić information content (AvgIpc) is 2.99. The fraction of sp³-hybridized carbons (Fsp3) is 1.00. The summed E-state index contributed by atoms with van der Waals surface area (Å²) < 4.78 is 0. The largest absolute Gasteiger partial charge is 0.314 e. The highest BCUT2D eigenvalue weighted by Gasteiger charge is 2.24. The van der Waals surface area contributed by atoms with Crippen LogP contribution in [-0.4, -0.2) is 36.6 Å². The molecule has 1 N–H and O–H groups in total. The van der Waals surface area contributed by atoms with Crippen LogP contribution in [0.25, 0.3) is 0 Å². The van der Waals surface area contributed by atoms with Gasteiger partial charge in [-0.3, -0.25) is 0 Å². The third-order valence-corrected chi connectivity index (χ3v) is 3.65. The first-order chi connectivity index (χ1) is 6.75. The summed E-state index contributed by atoms with van der Waals surface area (Å²) in [6.45, 7) is 8.52. The summed E-state index contributed by atoms with van der Waals surface area (Å²) in [5, 5.41) is 3.65. The molecule has 0 atom stereocenters. The number of rotatable bonds is 4. The van der Waals surface area contributed by atoms with Crippen LogP contribution in [0.4, 0.5) is 0 Å². The van der Waals surface area contributed by atoms with Gasteiger partial charge in [0.25, 0.3) is 0 Å². The summed E-state index contributed by atoms with van der Waals surface area (Å²) in [4.78, 5) is 2.60. The number of likely N-dealkylation sites (tertiary alicyclic amines) is 1. The molecule has 0 aromatic rings. The zero-order chi connectivity index (χ0) is 9.97. The minimum absolute atomic E-state index is 0.743. The van der Waals surface area contributed by atoms with Crippen LogP contribution in [0.1, 0.15) is 39.5 Å². The fourth-order valence-electron chi connectivity index (χ4n) is 2.29. The van der Waals surface area contributed by atoms with Gasteiger partial charge in [0.1, 0.15) is 0 Å². The standard InChI is InChI=1S/C12H24N2/c1-10(2)14-7-5-11(6-8-14)9-13-12-3-4-12/h10-13H,3-9H2,1-2H3. The van der Waals surface area contributed by atoms with Crippen molar-refractivity contribution in [1.29, 1.82) is 0 Å². The normalized spacial score (nSPS) is 25.9. The van der Waals surface area contributed by atoms with Crippen LogP contribution in [0.2, 0.25) is 0 Å². The van der Waals surface area contributed by atoms with E-state index >= 15 is 0 Å². The number of hydrogen-bond donors (Lipinski definition) is 1. The Morgan fingerprint density at radius 2 is 1.79 bits per heavy atom. The molecule has 1 aliphatic carbocycles. The zero-order valence-electron chi connectivity index (χ0n) is 9.63. The number of nitrogens with zero attached hydrogens (tertiary/aromatic N) is 1. The summed E-state index contributed by atoms with van der Waals surface area (Å²) in [6.07, 6.45) is 5.64. The molecule has 2 aliphatic rings. The monoisotopic (exact) mass is 196 g/mol. The molecule has 14 heavy (non-hydrogen) atoms. The molecule has 0 aromatic carbocycles. The Labute approximate surface area is 88.1 Å². The summed E-state index contributed by atoms with van der Waals surface area (Å²) in [6, 6.07) is 1.63. The van der Waals surface area contributed by atoms with Gasteiger partial charge in [-0.15, -0.1) is 0 Å². The third kappa shape index (κ3) is 2.96. The highest BCUT2D eigenvalue weighted by molar-refractivity contribution is 4.83. The lowest BCUT2D eigenvalue weighted by Crippen LogP contribution is -2.41. The first kappa shape index (κ1) is 10.4. The third-order valence-electron chi connectivity index (χ3n) is 3.65. The van der Waals surface area contributed by atoms with Crippen molar-refractivity contribution in [2.75, 3.05) is 19.6 Å². The predicted molar refractivity (Wildman–Crippen MR) is 60.5 cm³/mol. The molecular formula is C12H24N2. The summed E-state index contributed by atoms with van der Waals surface area (Å²) in [7, 11) is 0. The molecule has 2 heteroatoms. The van der Waals surface area contributed by atoms with Crippen LogP contribution in [0.3, 0.4) is 0 Å². The van der Waals surface area contributed by atoms with E-state index < -0.39 is 0 Å². The van der Waals surface area contributed by atoms with Crippen molar-refractivity contribution in [3.63, 3.8) is 0 Å². The molecule has 1 heterocycles. The molecule has 0 bridgehead atoms. The van der Waals surface area contributed by atoms with E-state index in [1.54, 1.807) is 0 Å². The van der Waals surface area contributed by atoms with E-state index in [4.69, 9.17) is 0 Å². The Bertz CT molecular complexity index is 167. The van der Waals surface area contributed by atoms with Crippen molar-refractivity contribution < 1.29 is 0 Å². The topological polar surface area (TPSA) is 15.3 Å². The van der Waals surface area contributed by atoms with Crippen molar-refractivity contribution in [1.82, 2.24) is 10.2 Å². The first-order valence-corrected chi connectivity index (χ1v) is 6.23. The van der Waals surface area contributed by atoms with Gasteiger partial charge < -0.3 is 10.2 Å². The second-order valence-electron chi connectivity index (χ2n) is 5.26. The molecular weight excluding hydrogens is 172 g/mol. The second kappa shape index (κ2) is 4.63. The van der Waals surface area contributed by atoms with Gasteiger partial charge in [0.15, 0.2) is 0 Å². The van der Waals surface area contributed by atoms with Crippen LogP contribution in [0.5, 0.6) is 0 Å². The minimum atomic E-state index is 0.743. The lowest BCUT2D eigenvalue weighted by atomic mass is 9.96. The van der Waals surface area contributed by atoms with Gasteiger partial charge in [-0.2, -0.15) is 0 Å².